The molecule has 0 aromatic carbocycles. The predicted octanol–water partition coefficient (Wildman–Crippen LogP) is -4.51. The number of hydrogen-bond acceptors (Lipinski definition) is 5. The largest absolute Gasteiger partial charge is 2.00 e. The van der Waals surface area contributed by atoms with Gasteiger partial charge in [-0.3, -0.25) is 8.42 Å². The van der Waals surface area contributed by atoms with Gasteiger partial charge in [-0.25, -0.2) is 0 Å². The Morgan fingerprint density at radius 2 is 1.12 bits per heavy atom. The Morgan fingerprint density at radius 3 is 1.12 bits per heavy atom. The van der Waals surface area contributed by atoms with Gasteiger partial charge < -0.3 is 14.6 Å². The van der Waals surface area contributed by atoms with Gasteiger partial charge in [0.25, 0.3) is 0 Å². The van der Waals surface area contributed by atoms with Crippen molar-refractivity contribution in [3.63, 3.8) is 0 Å². The molecule has 1 N–H and O–H groups in total. The second kappa shape index (κ2) is 8.97. The van der Waals surface area contributed by atoms with Crippen molar-refractivity contribution in [3.05, 3.63) is 0 Å². The second-order valence-corrected chi connectivity index (χ2v) is 1.22. The standard InChI is InChI=1S/Co.K.H2O4S.H2O/c;;1-5(2,3)4;/h;;(H2,1,2,3,4);1H2/q+2;+1;;/p-3. The summed E-state index contributed by atoms with van der Waals surface area (Å²) in [6, 6.07) is 0. The van der Waals surface area contributed by atoms with Crippen molar-refractivity contribution in [1.82, 2.24) is 0 Å². The van der Waals surface area contributed by atoms with Crippen molar-refractivity contribution < 1.29 is 91.2 Å². The SMILES string of the molecule is O=S(=O)([O-])[O-].[Co+2].[K+].[OH-]. The smallest absolute Gasteiger partial charge is 0.870 e. The van der Waals surface area contributed by atoms with Crippen LogP contribution in [0, 0.1) is 0 Å². The van der Waals surface area contributed by atoms with Crippen LogP contribution in [0.25, 0.3) is 0 Å². The van der Waals surface area contributed by atoms with Gasteiger partial charge in [0.2, 0.25) is 0 Å². The van der Waals surface area contributed by atoms with E-state index in [2.05, 4.69) is 0 Å². The molecule has 47 valence electrons. The number of hydrogen-bond donors (Lipinski definition) is 0. The van der Waals surface area contributed by atoms with Crippen LogP contribution in [-0.4, -0.2) is 23.0 Å². The Bertz CT molecular complexity index is 95.6. The van der Waals surface area contributed by atoms with Crippen molar-refractivity contribution in [3.8, 4) is 0 Å². The van der Waals surface area contributed by atoms with E-state index in [-0.39, 0.29) is 73.6 Å². The number of rotatable bonds is 0. The molecule has 0 saturated carbocycles. The Hall–Kier alpha value is 1.97. The first-order valence-electron chi connectivity index (χ1n) is 0.667. The van der Waals surface area contributed by atoms with E-state index in [1.807, 2.05) is 0 Å². The minimum atomic E-state index is -5.17. The molecule has 0 heterocycles. The molecule has 0 spiro atoms. The van der Waals surface area contributed by atoms with E-state index in [0.29, 0.717) is 0 Å². The molecule has 0 unspecified atom stereocenters. The third-order valence-corrected chi connectivity index (χ3v) is 0. The molecule has 0 bridgehead atoms. The molecule has 8 heavy (non-hydrogen) atoms. The minimum Gasteiger partial charge on any atom is -0.870 e. The molecule has 0 amide bonds. The van der Waals surface area contributed by atoms with Gasteiger partial charge >= 0.3 is 68.2 Å². The van der Waals surface area contributed by atoms with E-state index < -0.39 is 10.4 Å². The molecular weight excluding hydrogens is 210 g/mol. The van der Waals surface area contributed by atoms with E-state index in [1.165, 1.54) is 0 Å². The zero-order valence-electron chi connectivity index (χ0n) is 3.82. The summed E-state index contributed by atoms with van der Waals surface area (Å²) in [6.45, 7) is 0. The normalized spacial score (nSPS) is 7.25. The molecular formula is HCoKO5S. The Morgan fingerprint density at radius 1 is 1.12 bits per heavy atom. The van der Waals surface area contributed by atoms with Crippen LogP contribution in [0.5, 0.6) is 0 Å². The summed E-state index contributed by atoms with van der Waals surface area (Å²) in [6.07, 6.45) is 0. The first-order valence-corrected chi connectivity index (χ1v) is 2.00. The van der Waals surface area contributed by atoms with Crippen molar-refractivity contribution in [2.75, 3.05) is 0 Å². The van der Waals surface area contributed by atoms with Crippen LogP contribution in [0.2, 0.25) is 0 Å². The average molecular weight is 211 g/mol. The van der Waals surface area contributed by atoms with Crippen LogP contribution in [-0.2, 0) is 27.2 Å². The molecule has 0 fully saturated rings. The maximum atomic E-state index is 8.52. The first-order chi connectivity index (χ1) is 2.00. The fourth-order valence-corrected chi connectivity index (χ4v) is 0. The van der Waals surface area contributed by atoms with E-state index in [4.69, 9.17) is 17.5 Å². The third-order valence-electron chi connectivity index (χ3n) is 0. The summed E-state index contributed by atoms with van der Waals surface area (Å²) >= 11 is 0. The Balaban J connectivity index is -0.0000000267. The van der Waals surface area contributed by atoms with Gasteiger partial charge in [0.1, 0.15) is 0 Å². The van der Waals surface area contributed by atoms with Crippen molar-refractivity contribution >= 4 is 10.4 Å². The van der Waals surface area contributed by atoms with Crippen LogP contribution in [0.4, 0.5) is 0 Å². The summed E-state index contributed by atoms with van der Waals surface area (Å²) in [5.74, 6) is 0. The molecule has 0 atom stereocenters. The minimum absolute atomic E-state index is 0. The molecule has 1 radical (unpaired) electrons. The van der Waals surface area contributed by atoms with Crippen molar-refractivity contribution in [2.45, 2.75) is 0 Å². The predicted molar refractivity (Wildman–Crippen MR) is 12.4 cm³/mol. The Labute approximate surface area is 99.7 Å². The van der Waals surface area contributed by atoms with Gasteiger partial charge in [0, 0.05) is 10.4 Å². The molecule has 0 aliphatic carbocycles. The van der Waals surface area contributed by atoms with Crippen LogP contribution in [0.3, 0.4) is 0 Å². The van der Waals surface area contributed by atoms with Gasteiger partial charge in [-0.2, -0.15) is 0 Å². The quantitative estimate of drug-likeness (QED) is 0.228. The van der Waals surface area contributed by atoms with Gasteiger partial charge in [-0.05, 0) is 0 Å². The van der Waals surface area contributed by atoms with Crippen LogP contribution >= 0.6 is 0 Å². The molecule has 0 rings (SSSR count). The summed E-state index contributed by atoms with van der Waals surface area (Å²) in [5, 5.41) is 0. The molecule has 0 aromatic heterocycles. The second-order valence-electron chi connectivity index (χ2n) is 0.408. The zero-order valence-corrected chi connectivity index (χ0v) is 8.80. The molecule has 0 saturated heterocycles. The summed E-state index contributed by atoms with van der Waals surface area (Å²) < 4.78 is 34.1. The van der Waals surface area contributed by atoms with E-state index in [9.17, 15) is 0 Å². The maximum Gasteiger partial charge on any atom is 2.00 e. The average Bonchev–Trinajstić information content (AvgIpc) is 0.722. The van der Waals surface area contributed by atoms with E-state index >= 15 is 0 Å². The fraction of sp³-hybridized carbons (Fsp3) is 0. The maximum absolute atomic E-state index is 8.52. The van der Waals surface area contributed by atoms with Crippen LogP contribution < -0.4 is 51.4 Å². The van der Waals surface area contributed by atoms with Gasteiger partial charge in [-0.1, -0.05) is 0 Å². The van der Waals surface area contributed by atoms with E-state index in [0.717, 1.165) is 0 Å². The summed E-state index contributed by atoms with van der Waals surface area (Å²) in [5.41, 5.74) is 0. The zero-order chi connectivity index (χ0) is 4.50. The van der Waals surface area contributed by atoms with Crippen LogP contribution in [0.1, 0.15) is 0 Å². The fourth-order valence-electron chi connectivity index (χ4n) is 0. The van der Waals surface area contributed by atoms with Gasteiger partial charge in [0.05, 0.1) is 0 Å². The summed E-state index contributed by atoms with van der Waals surface area (Å²) in [7, 11) is -5.17. The molecule has 0 aromatic rings. The van der Waals surface area contributed by atoms with Crippen LogP contribution in [0.15, 0.2) is 0 Å². The summed E-state index contributed by atoms with van der Waals surface area (Å²) in [4.78, 5) is 0. The van der Waals surface area contributed by atoms with Gasteiger partial charge in [-0.15, -0.1) is 0 Å². The molecule has 8 heteroatoms. The van der Waals surface area contributed by atoms with Gasteiger partial charge in [0.15, 0.2) is 0 Å². The third kappa shape index (κ3) is 99.6. The first kappa shape index (κ1) is 22.5. The van der Waals surface area contributed by atoms with E-state index in [1.54, 1.807) is 0 Å². The molecule has 5 nitrogen and oxygen atoms in total. The monoisotopic (exact) mass is 211 g/mol. The molecule has 0 aliphatic heterocycles. The molecule has 0 aliphatic rings. The topological polar surface area (TPSA) is 110 Å². The van der Waals surface area contributed by atoms with Crippen molar-refractivity contribution in [1.29, 1.82) is 0 Å². The van der Waals surface area contributed by atoms with Crippen molar-refractivity contribution in [2.24, 2.45) is 0 Å². The Kier molecular flexibility index (Phi) is 25.2.